The number of ether oxygens (including phenoxy) is 2. The minimum atomic E-state index is 0.311. The highest BCUT2D eigenvalue weighted by Gasteiger charge is 2.17. The van der Waals surface area contributed by atoms with Crippen molar-refractivity contribution in [2.45, 2.75) is 25.5 Å². The summed E-state index contributed by atoms with van der Waals surface area (Å²) in [4.78, 5) is 6.77. The van der Waals surface area contributed by atoms with E-state index in [1.54, 1.807) is 13.3 Å². The Bertz CT molecular complexity index is 1030. The van der Waals surface area contributed by atoms with E-state index in [1.807, 2.05) is 36.4 Å². The predicted octanol–water partition coefficient (Wildman–Crippen LogP) is 4.20. The number of fused-ring (bicyclic) bond motifs is 1. The lowest BCUT2D eigenvalue weighted by atomic mass is 10.1. The van der Waals surface area contributed by atoms with Gasteiger partial charge in [0.2, 0.25) is 0 Å². The molecule has 1 fully saturated rings. The summed E-state index contributed by atoms with van der Waals surface area (Å²) in [5.41, 5.74) is 2.84. The van der Waals surface area contributed by atoms with E-state index in [-0.39, 0.29) is 0 Å². The molecule has 2 heterocycles. The van der Waals surface area contributed by atoms with Gasteiger partial charge in [-0.1, -0.05) is 12.1 Å². The van der Waals surface area contributed by atoms with Crippen LogP contribution in [0.3, 0.4) is 0 Å². The second-order valence-electron chi connectivity index (χ2n) is 7.79. The lowest BCUT2D eigenvalue weighted by Gasteiger charge is -2.29. The zero-order valence-corrected chi connectivity index (χ0v) is 18.7. The number of pyridine rings is 1. The van der Waals surface area contributed by atoms with Crippen molar-refractivity contribution in [3.8, 4) is 11.5 Å². The number of benzene rings is 2. The summed E-state index contributed by atoms with van der Waals surface area (Å²) < 4.78 is 11.5. The van der Waals surface area contributed by atoms with Crippen molar-refractivity contribution in [3.05, 3.63) is 60.3 Å². The second kappa shape index (κ2) is 9.94. The van der Waals surface area contributed by atoms with Gasteiger partial charge in [0.25, 0.3) is 0 Å². The molecule has 0 bridgehead atoms. The number of thiocarbonyl (C=S) groups is 1. The predicted molar refractivity (Wildman–Crippen MR) is 129 cm³/mol. The van der Waals surface area contributed by atoms with Crippen molar-refractivity contribution in [1.29, 1.82) is 0 Å². The van der Waals surface area contributed by atoms with E-state index in [0.29, 0.717) is 17.8 Å². The fraction of sp³-hybridized carbons (Fsp3) is 0.333. The normalized spacial score (nSPS) is 14.9. The fourth-order valence-electron chi connectivity index (χ4n) is 3.75. The van der Waals surface area contributed by atoms with Crippen LogP contribution in [0.1, 0.15) is 18.4 Å². The van der Waals surface area contributed by atoms with Crippen LogP contribution in [-0.4, -0.2) is 48.3 Å². The molecule has 0 radical (unpaired) electrons. The third-order valence-electron chi connectivity index (χ3n) is 5.55. The third-order valence-corrected chi connectivity index (χ3v) is 5.79. The molecule has 31 heavy (non-hydrogen) atoms. The Hall–Kier alpha value is -2.90. The molecule has 0 atom stereocenters. The Labute approximate surface area is 188 Å². The molecule has 3 aromatic rings. The molecule has 0 unspecified atom stereocenters. The zero-order valence-electron chi connectivity index (χ0n) is 17.9. The number of anilines is 1. The first kappa shape index (κ1) is 21.3. The van der Waals surface area contributed by atoms with Crippen molar-refractivity contribution in [2.24, 2.45) is 0 Å². The average Bonchev–Trinajstić information content (AvgIpc) is 2.80. The topological polar surface area (TPSA) is 58.6 Å². The summed E-state index contributed by atoms with van der Waals surface area (Å²) in [5.74, 6) is 1.67. The largest absolute Gasteiger partial charge is 0.494 e. The van der Waals surface area contributed by atoms with Crippen LogP contribution in [0.5, 0.6) is 11.5 Å². The van der Waals surface area contributed by atoms with E-state index in [2.05, 4.69) is 39.7 Å². The second-order valence-corrected chi connectivity index (χ2v) is 8.20. The van der Waals surface area contributed by atoms with Gasteiger partial charge in [-0.2, -0.15) is 0 Å². The third kappa shape index (κ3) is 5.42. The number of nitrogens with one attached hydrogen (secondary N) is 2. The zero-order chi connectivity index (χ0) is 21.6. The van der Waals surface area contributed by atoms with E-state index in [4.69, 9.17) is 21.7 Å². The van der Waals surface area contributed by atoms with Crippen molar-refractivity contribution in [2.75, 3.05) is 32.6 Å². The van der Waals surface area contributed by atoms with E-state index < -0.39 is 0 Å². The number of methoxy groups -OCH3 is 1. The average molecular weight is 437 g/mol. The van der Waals surface area contributed by atoms with E-state index in [1.165, 1.54) is 0 Å². The van der Waals surface area contributed by atoms with Crippen molar-refractivity contribution < 1.29 is 9.47 Å². The van der Waals surface area contributed by atoms with Crippen molar-refractivity contribution >= 4 is 33.9 Å². The van der Waals surface area contributed by atoms with Gasteiger partial charge in [-0.15, -0.1) is 0 Å². The number of nitrogens with zero attached hydrogens (tertiary/aromatic N) is 2. The van der Waals surface area contributed by atoms with Crippen LogP contribution >= 0.6 is 12.2 Å². The molecule has 1 saturated heterocycles. The molecule has 0 spiro atoms. The van der Waals surface area contributed by atoms with Crippen molar-refractivity contribution in [3.63, 3.8) is 0 Å². The maximum atomic E-state index is 6.12. The Morgan fingerprint density at radius 3 is 2.65 bits per heavy atom. The first-order chi connectivity index (χ1) is 15.1. The summed E-state index contributed by atoms with van der Waals surface area (Å²) in [6.45, 7) is 2.82. The number of rotatable bonds is 6. The number of hydrogen-bond acceptors (Lipinski definition) is 5. The highest BCUT2D eigenvalue weighted by atomic mass is 32.1. The highest BCUT2D eigenvalue weighted by molar-refractivity contribution is 7.80. The van der Waals surface area contributed by atoms with Crippen LogP contribution < -0.4 is 20.1 Å². The van der Waals surface area contributed by atoms with Gasteiger partial charge in [-0.3, -0.25) is 4.98 Å². The molecule has 7 heteroatoms. The van der Waals surface area contributed by atoms with E-state index in [0.717, 1.165) is 59.6 Å². The van der Waals surface area contributed by atoms with Gasteiger partial charge in [-0.25, -0.2) is 0 Å². The maximum Gasteiger partial charge on any atom is 0.171 e. The summed E-state index contributed by atoms with van der Waals surface area (Å²) >= 11 is 5.50. The summed E-state index contributed by atoms with van der Waals surface area (Å²) in [5, 5.41) is 8.06. The molecule has 162 valence electrons. The quantitative estimate of drug-likeness (QED) is 0.562. The Kier molecular flexibility index (Phi) is 6.84. The van der Waals surface area contributed by atoms with Crippen LogP contribution in [-0.2, 0) is 6.54 Å². The van der Waals surface area contributed by atoms with Gasteiger partial charge in [0, 0.05) is 36.9 Å². The van der Waals surface area contributed by atoms with Gasteiger partial charge in [0.05, 0.1) is 7.11 Å². The smallest absolute Gasteiger partial charge is 0.171 e. The standard InChI is InChI=1S/C24H28N4O2S/c1-28-14-11-19(12-15-28)30-18-7-5-17(6-8-18)16-26-24(31)27-21-9-10-22(29-2)23-20(21)4-3-13-25-23/h3-10,13,19H,11-12,14-16H2,1-2H3,(H2,26,27,31). The summed E-state index contributed by atoms with van der Waals surface area (Å²) in [6.07, 6.45) is 4.22. The molecule has 0 amide bonds. The molecule has 1 aliphatic rings. The summed E-state index contributed by atoms with van der Waals surface area (Å²) in [7, 11) is 3.80. The van der Waals surface area contributed by atoms with Crippen LogP contribution in [0.4, 0.5) is 5.69 Å². The maximum absolute atomic E-state index is 6.12. The molecule has 4 rings (SSSR count). The van der Waals surface area contributed by atoms with Gasteiger partial charge in [-0.05, 0) is 74.1 Å². The van der Waals surface area contributed by atoms with Crippen LogP contribution in [0, 0.1) is 0 Å². The molecule has 6 nitrogen and oxygen atoms in total. The lowest BCUT2D eigenvalue weighted by molar-refractivity contribution is 0.114. The molecule has 1 aliphatic heterocycles. The number of hydrogen-bond donors (Lipinski definition) is 2. The number of likely N-dealkylation sites (tertiary alicyclic amines) is 1. The minimum Gasteiger partial charge on any atom is -0.494 e. The molecular weight excluding hydrogens is 408 g/mol. The SMILES string of the molecule is COc1ccc(NC(=S)NCc2ccc(OC3CCN(C)CC3)cc2)c2cccnc12. The van der Waals surface area contributed by atoms with Gasteiger partial charge in [0.1, 0.15) is 23.1 Å². The Morgan fingerprint density at radius 2 is 1.90 bits per heavy atom. The van der Waals surface area contributed by atoms with Gasteiger partial charge in [0.15, 0.2) is 5.11 Å². The molecule has 2 aromatic carbocycles. The van der Waals surface area contributed by atoms with Crippen LogP contribution in [0.2, 0.25) is 0 Å². The van der Waals surface area contributed by atoms with E-state index >= 15 is 0 Å². The van der Waals surface area contributed by atoms with E-state index in [9.17, 15) is 0 Å². The number of piperidine rings is 1. The summed E-state index contributed by atoms with van der Waals surface area (Å²) in [6, 6.07) is 16.0. The number of aromatic nitrogens is 1. The van der Waals surface area contributed by atoms with Gasteiger partial charge >= 0.3 is 0 Å². The van der Waals surface area contributed by atoms with Crippen LogP contribution in [0.25, 0.3) is 10.9 Å². The molecule has 1 aromatic heterocycles. The van der Waals surface area contributed by atoms with Crippen molar-refractivity contribution in [1.82, 2.24) is 15.2 Å². The van der Waals surface area contributed by atoms with Gasteiger partial charge < -0.3 is 25.0 Å². The molecular formula is C24H28N4O2S. The highest BCUT2D eigenvalue weighted by Crippen LogP contribution is 2.29. The molecule has 0 saturated carbocycles. The Morgan fingerprint density at radius 1 is 1.13 bits per heavy atom. The fourth-order valence-corrected chi connectivity index (χ4v) is 3.93. The van der Waals surface area contributed by atoms with Crippen LogP contribution in [0.15, 0.2) is 54.7 Å². The Balaban J connectivity index is 1.31. The molecule has 2 N–H and O–H groups in total. The first-order valence-corrected chi connectivity index (χ1v) is 10.9. The first-order valence-electron chi connectivity index (χ1n) is 10.5. The minimum absolute atomic E-state index is 0.311. The molecule has 0 aliphatic carbocycles. The monoisotopic (exact) mass is 436 g/mol. The lowest BCUT2D eigenvalue weighted by Crippen LogP contribution is -2.35.